The Morgan fingerprint density at radius 2 is 2.24 bits per heavy atom. The summed E-state index contributed by atoms with van der Waals surface area (Å²) in [5.41, 5.74) is 0.666. The van der Waals surface area contributed by atoms with E-state index in [1.54, 1.807) is 18.2 Å². The summed E-state index contributed by atoms with van der Waals surface area (Å²) in [5, 5.41) is 8.49. The standard InChI is InChI=1S/C12H11NO4/c14-11-8-17-10-5-2-1-4-9(10)13(11)7-3-6-12(15)16/h1-6H,7-8H2,(H,15,16). The van der Waals surface area contributed by atoms with E-state index in [0.29, 0.717) is 11.4 Å². The minimum atomic E-state index is -1.03. The normalized spacial score (nSPS) is 14.6. The van der Waals surface area contributed by atoms with Crippen LogP contribution in [0.1, 0.15) is 0 Å². The summed E-state index contributed by atoms with van der Waals surface area (Å²) in [6, 6.07) is 7.16. The number of aliphatic carboxylic acids is 1. The first-order chi connectivity index (χ1) is 8.18. The second-order valence-corrected chi connectivity index (χ2v) is 3.50. The van der Waals surface area contributed by atoms with Gasteiger partial charge in [-0.2, -0.15) is 0 Å². The number of ether oxygens (including phenoxy) is 1. The molecule has 1 heterocycles. The van der Waals surface area contributed by atoms with Gasteiger partial charge in [-0.1, -0.05) is 18.2 Å². The summed E-state index contributed by atoms with van der Waals surface area (Å²) in [6.07, 6.45) is 2.45. The molecule has 0 radical (unpaired) electrons. The highest BCUT2D eigenvalue weighted by Crippen LogP contribution is 2.31. The molecule has 2 rings (SSSR count). The molecule has 1 amide bonds. The second-order valence-electron chi connectivity index (χ2n) is 3.50. The largest absolute Gasteiger partial charge is 0.482 e. The van der Waals surface area contributed by atoms with Gasteiger partial charge in [-0.15, -0.1) is 0 Å². The van der Waals surface area contributed by atoms with Gasteiger partial charge >= 0.3 is 5.97 Å². The van der Waals surface area contributed by atoms with E-state index in [2.05, 4.69) is 0 Å². The van der Waals surface area contributed by atoms with Gasteiger partial charge in [-0.25, -0.2) is 4.79 Å². The zero-order valence-electron chi connectivity index (χ0n) is 9.00. The molecule has 1 aliphatic rings. The number of carbonyl (C=O) groups excluding carboxylic acids is 1. The number of amides is 1. The van der Waals surface area contributed by atoms with Gasteiger partial charge in [0.15, 0.2) is 6.61 Å². The zero-order valence-corrected chi connectivity index (χ0v) is 9.00. The molecule has 0 saturated carbocycles. The first-order valence-corrected chi connectivity index (χ1v) is 5.10. The van der Waals surface area contributed by atoms with Crippen LogP contribution in [0.4, 0.5) is 5.69 Å². The Bertz CT molecular complexity index is 481. The lowest BCUT2D eigenvalue weighted by molar-refractivity contribution is -0.131. The van der Waals surface area contributed by atoms with Gasteiger partial charge in [0.25, 0.3) is 5.91 Å². The van der Waals surface area contributed by atoms with Crippen LogP contribution in [-0.2, 0) is 9.59 Å². The molecule has 0 aromatic heterocycles. The monoisotopic (exact) mass is 233 g/mol. The lowest BCUT2D eigenvalue weighted by atomic mass is 10.2. The summed E-state index contributed by atoms with van der Waals surface area (Å²) < 4.78 is 5.26. The summed E-state index contributed by atoms with van der Waals surface area (Å²) in [4.78, 5) is 23.5. The molecule has 5 nitrogen and oxygen atoms in total. The van der Waals surface area contributed by atoms with Crippen molar-refractivity contribution in [2.24, 2.45) is 0 Å². The van der Waals surface area contributed by atoms with Crippen LogP contribution in [0.2, 0.25) is 0 Å². The first kappa shape index (κ1) is 11.2. The molecule has 1 aromatic carbocycles. The molecule has 0 aliphatic carbocycles. The van der Waals surface area contributed by atoms with Gasteiger partial charge < -0.3 is 14.7 Å². The van der Waals surface area contributed by atoms with Gasteiger partial charge in [0.2, 0.25) is 0 Å². The van der Waals surface area contributed by atoms with Gasteiger partial charge in [0, 0.05) is 12.6 Å². The van der Waals surface area contributed by atoms with Crippen LogP contribution in [0.25, 0.3) is 0 Å². The predicted octanol–water partition coefficient (Wildman–Crippen LogP) is 1.05. The number of nitrogens with zero attached hydrogens (tertiary/aromatic N) is 1. The molecule has 88 valence electrons. The predicted molar refractivity (Wildman–Crippen MR) is 61.1 cm³/mol. The van der Waals surface area contributed by atoms with Crippen molar-refractivity contribution < 1.29 is 19.4 Å². The van der Waals surface area contributed by atoms with Gasteiger partial charge in [-0.05, 0) is 12.1 Å². The fourth-order valence-corrected chi connectivity index (χ4v) is 1.61. The third-order valence-electron chi connectivity index (χ3n) is 2.36. The third-order valence-corrected chi connectivity index (χ3v) is 2.36. The maximum absolute atomic E-state index is 11.7. The molecular formula is C12H11NO4. The number of hydrogen-bond donors (Lipinski definition) is 1. The van der Waals surface area contributed by atoms with Crippen LogP contribution in [0.15, 0.2) is 36.4 Å². The molecule has 17 heavy (non-hydrogen) atoms. The number of carboxylic acids is 1. The van der Waals surface area contributed by atoms with Crippen molar-refractivity contribution in [3.05, 3.63) is 36.4 Å². The summed E-state index contributed by atoms with van der Waals surface area (Å²) in [6.45, 7) is 0.212. The van der Waals surface area contributed by atoms with E-state index >= 15 is 0 Å². The number of hydrogen-bond acceptors (Lipinski definition) is 3. The quantitative estimate of drug-likeness (QED) is 0.792. The van der Waals surface area contributed by atoms with Crippen molar-refractivity contribution in [3.8, 4) is 5.75 Å². The fourth-order valence-electron chi connectivity index (χ4n) is 1.61. The van der Waals surface area contributed by atoms with Gasteiger partial charge in [0.05, 0.1) is 5.69 Å². The number of benzene rings is 1. The van der Waals surface area contributed by atoms with E-state index in [-0.39, 0.29) is 19.1 Å². The van der Waals surface area contributed by atoms with E-state index in [9.17, 15) is 9.59 Å². The van der Waals surface area contributed by atoms with Gasteiger partial charge in [0.1, 0.15) is 5.75 Å². The van der Waals surface area contributed by atoms with E-state index < -0.39 is 5.97 Å². The zero-order chi connectivity index (χ0) is 12.3. The Morgan fingerprint density at radius 1 is 1.47 bits per heavy atom. The fraction of sp³-hybridized carbons (Fsp3) is 0.167. The van der Waals surface area contributed by atoms with Gasteiger partial charge in [-0.3, -0.25) is 4.79 Å². The van der Waals surface area contributed by atoms with Crippen LogP contribution in [0.3, 0.4) is 0 Å². The average molecular weight is 233 g/mol. The number of carboxylic acid groups (broad SMARTS) is 1. The maximum atomic E-state index is 11.7. The number of rotatable bonds is 3. The summed E-state index contributed by atoms with van der Waals surface area (Å²) in [5.74, 6) is -0.575. The molecule has 0 spiro atoms. The molecule has 1 N–H and O–H groups in total. The Labute approximate surface area is 97.9 Å². The SMILES string of the molecule is O=C(O)C=CCN1C(=O)COc2ccccc21. The molecule has 0 atom stereocenters. The van der Waals surface area contributed by atoms with Crippen molar-refractivity contribution >= 4 is 17.6 Å². The Hall–Kier alpha value is -2.30. The van der Waals surface area contributed by atoms with Crippen molar-refractivity contribution in [1.82, 2.24) is 0 Å². The third kappa shape index (κ3) is 2.44. The Balaban J connectivity index is 2.21. The molecule has 0 saturated heterocycles. The number of para-hydroxylation sites is 2. The van der Waals surface area contributed by atoms with Crippen molar-refractivity contribution in [3.63, 3.8) is 0 Å². The molecule has 0 fully saturated rings. The van der Waals surface area contributed by atoms with E-state index in [1.165, 1.54) is 11.0 Å². The smallest absolute Gasteiger partial charge is 0.328 e. The van der Waals surface area contributed by atoms with E-state index in [4.69, 9.17) is 9.84 Å². The van der Waals surface area contributed by atoms with Crippen molar-refractivity contribution in [2.75, 3.05) is 18.1 Å². The Morgan fingerprint density at radius 3 is 3.00 bits per heavy atom. The summed E-state index contributed by atoms with van der Waals surface area (Å²) in [7, 11) is 0. The summed E-state index contributed by atoms with van der Waals surface area (Å²) >= 11 is 0. The highest BCUT2D eigenvalue weighted by molar-refractivity contribution is 5.98. The van der Waals surface area contributed by atoms with E-state index in [1.807, 2.05) is 6.07 Å². The van der Waals surface area contributed by atoms with Crippen LogP contribution in [-0.4, -0.2) is 30.1 Å². The Kier molecular flexibility index (Phi) is 3.09. The van der Waals surface area contributed by atoms with Crippen molar-refractivity contribution in [1.29, 1.82) is 0 Å². The van der Waals surface area contributed by atoms with E-state index in [0.717, 1.165) is 6.08 Å². The van der Waals surface area contributed by atoms with Crippen molar-refractivity contribution in [2.45, 2.75) is 0 Å². The van der Waals surface area contributed by atoms with Crippen LogP contribution in [0, 0.1) is 0 Å². The minimum Gasteiger partial charge on any atom is -0.482 e. The molecule has 1 aromatic rings. The lowest BCUT2D eigenvalue weighted by Crippen LogP contribution is -2.38. The molecule has 5 heteroatoms. The topological polar surface area (TPSA) is 66.8 Å². The lowest BCUT2D eigenvalue weighted by Gasteiger charge is -2.28. The van der Waals surface area contributed by atoms with Crippen LogP contribution < -0.4 is 9.64 Å². The maximum Gasteiger partial charge on any atom is 0.328 e. The minimum absolute atomic E-state index is 0.0159. The highest BCUT2D eigenvalue weighted by Gasteiger charge is 2.23. The van der Waals surface area contributed by atoms with Crippen LogP contribution in [0.5, 0.6) is 5.75 Å². The molecular weight excluding hydrogens is 222 g/mol. The number of anilines is 1. The highest BCUT2D eigenvalue weighted by atomic mass is 16.5. The van der Waals surface area contributed by atoms with Crippen LogP contribution >= 0.6 is 0 Å². The first-order valence-electron chi connectivity index (χ1n) is 5.10. The number of fused-ring (bicyclic) bond motifs is 1. The molecule has 0 unspecified atom stereocenters. The molecule has 0 bridgehead atoms. The number of carbonyl (C=O) groups is 2. The second kappa shape index (κ2) is 4.69. The molecule has 1 aliphatic heterocycles. The average Bonchev–Trinajstić information content (AvgIpc) is 2.32.